The van der Waals surface area contributed by atoms with Crippen LogP contribution in [0.25, 0.3) is 0 Å². The highest BCUT2D eigenvalue weighted by Gasteiger charge is 2.30. The van der Waals surface area contributed by atoms with Crippen LogP contribution in [0.15, 0.2) is 53.7 Å². The number of carbonyl (C=O) groups excluding carboxylic acids is 1. The maximum absolute atomic E-state index is 12.9. The SMILES string of the molecule is C=CCN(Cc1ccco1)C(=O)[C@H]1COc2c(cccc2OC)C1. The molecule has 3 rings (SSSR count). The topological polar surface area (TPSA) is 51.9 Å². The summed E-state index contributed by atoms with van der Waals surface area (Å²) in [6, 6.07) is 9.43. The van der Waals surface area contributed by atoms with Crippen LogP contribution in [0.4, 0.5) is 0 Å². The normalized spacial score (nSPS) is 16.0. The molecule has 5 heteroatoms. The van der Waals surface area contributed by atoms with Gasteiger partial charge in [0.2, 0.25) is 5.91 Å². The number of benzene rings is 1. The van der Waals surface area contributed by atoms with Gasteiger partial charge in [0, 0.05) is 6.54 Å². The summed E-state index contributed by atoms with van der Waals surface area (Å²) in [5.74, 6) is 2.02. The number of nitrogens with zero attached hydrogens (tertiary/aromatic N) is 1. The van der Waals surface area contributed by atoms with E-state index in [0.29, 0.717) is 31.9 Å². The Kier molecular flexibility index (Phi) is 4.89. The third-order valence-electron chi connectivity index (χ3n) is 4.11. The Labute approximate surface area is 141 Å². The summed E-state index contributed by atoms with van der Waals surface area (Å²) in [7, 11) is 1.62. The average Bonchev–Trinajstić information content (AvgIpc) is 3.12. The lowest BCUT2D eigenvalue weighted by Crippen LogP contribution is -2.40. The van der Waals surface area contributed by atoms with Crippen LogP contribution in [0.5, 0.6) is 11.5 Å². The average molecular weight is 327 g/mol. The molecule has 2 heterocycles. The number of ether oxygens (including phenoxy) is 2. The molecule has 0 saturated carbocycles. The van der Waals surface area contributed by atoms with Crippen LogP contribution in [-0.2, 0) is 17.8 Å². The van der Waals surface area contributed by atoms with E-state index in [2.05, 4.69) is 6.58 Å². The quantitative estimate of drug-likeness (QED) is 0.765. The summed E-state index contributed by atoms with van der Waals surface area (Å²) < 4.78 is 16.5. The van der Waals surface area contributed by atoms with Crippen molar-refractivity contribution in [3.8, 4) is 11.5 Å². The summed E-state index contributed by atoms with van der Waals surface area (Å²) in [4.78, 5) is 14.6. The Balaban J connectivity index is 1.75. The van der Waals surface area contributed by atoms with Crippen molar-refractivity contribution in [2.75, 3.05) is 20.3 Å². The number of hydrogen-bond donors (Lipinski definition) is 0. The van der Waals surface area contributed by atoms with Crippen molar-refractivity contribution in [2.45, 2.75) is 13.0 Å². The minimum Gasteiger partial charge on any atom is -0.493 e. The van der Waals surface area contributed by atoms with E-state index in [1.807, 2.05) is 30.3 Å². The van der Waals surface area contributed by atoms with E-state index in [9.17, 15) is 4.79 Å². The predicted octanol–water partition coefficient (Wildman–Crippen LogP) is 3.05. The van der Waals surface area contributed by atoms with E-state index < -0.39 is 0 Å². The Bertz CT molecular complexity index is 708. The second-order valence-electron chi connectivity index (χ2n) is 5.75. The first-order valence-corrected chi connectivity index (χ1v) is 7.93. The van der Waals surface area contributed by atoms with Crippen molar-refractivity contribution in [3.05, 3.63) is 60.6 Å². The number of amides is 1. The van der Waals surface area contributed by atoms with Crippen LogP contribution in [0.2, 0.25) is 0 Å². The summed E-state index contributed by atoms with van der Waals surface area (Å²) in [5.41, 5.74) is 0.996. The molecule has 0 saturated heterocycles. The molecule has 0 N–H and O–H groups in total. The van der Waals surface area contributed by atoms with Crippen molar-refractivity contribution >= 4 is 5.91 Å². The monoisotopic (exact) mass is 327 g/mol. The summed E-state index contributed by atoms with van der Waals surface area (Å²) in [6.07, 6.45) is 3.97. The Morgan fingerprint density at radius 3 is 3.00 bits per heavy atom. The molecule has 1 amide bonds. The highest BCUT2D eigenvalue weighted by molar-refractivity contribution is 5.80. The molecular weight excluding hydrogens is 306 g/mol. The van der Waals surface area contributed by atoms with Crippen LogP contribution < -0.4 is 9.47 Å². The molecule has 2 aromatic rings. The molecule has 0 aliphatic carbocycles. The summed E-state index contributed by atoms with van der Waals surface area (Å²) in [6.45, 7) is 4.99. The van der Waals surface area contributed by atoms with E-state index >= 15 is 0 Å². The number of carbonyl (C=O) groups is 1. The van der Waals surface area contributed by atoms with Crippen molar-refractivity contribution in [3.63, 3.8) is 0 Å². The van der Waals surface area contributed by atoms with Crippen molar-refractivity contribution < 1.29 is 18.7 Å². The maximum atomic E-state index is 12.9. The first kappa shape index (κ1) is 16.2. The molecule has 0 unspecified atom stereocenters. The maximum Gasteiger partial charge on any atom is 0.230 e. The van der Waals surface area contributed by atoms with Crippen LogP contribution in [0, 0.1) is 5.92 Å². The van der Waals surface area contributed by atoms with Gasteiger partial charge >= 0.3 is 0 Å². The zero-order chi connectivity index (χ0) is 16.9. The number of hydrogen-bond acceptors (Lipinski definition) is 4. The molecule has 0 radical (unpaired) electrons. The minimum absolute atomic E-state index is 0.0415. The smallest absolute Gasteiger partial charge is 0.230 e. The molecule has 24 heavy (non-hydrogen) atoms. The van der Waals surface area contributed by atoms with E-state index in [1.54, 1.807) is 24.3 Å². The van der Waals surface area contributed by atoms with Crippen molar-refractivity contribution in [2.24, 2.45) is 5.92 Å². The molecule has 1 aromatic carbocycles. The molecule has 1 atom stereocenters. The van der Waals surface area contributed by atoms with Gasteiger partial charge in [-0.3, -0.25) is 4.79 Å². The highest BCUT2D eigenvalue weighted by atomic mass is 16.5. The van der Waals surface area contributed by atoms with E-state index in [-0.39, 0.29) is 11.8 Å². The Hall–Kier alpha value is -2.69. The fourth-order valence-electron chi connectivity index (χ4n) is 2.95. The molecule has 5 nitrogen and oxygen atoms in total. The van der Waals surface area contributed by atoms with Gasteiger partial charge in [0.15, 0.2) is 11.5 Å². The van der Waals surface area contributed by atoms with Gasteiger partial charge in [0.05, 0.1) is 25.8 Å². The third-order valence-corrected chi connectivity index (χ3v) is 4.11. The zero-order valence-electron chi connectivity index (χ0n) is 13.7. The highest BCUT2D eigenvalue weighted by Crippen LogP contribution is 2.36. The van der Waals surface area contributed by atoms with Crippen LogP contribution in [0.3, 0.4) is 0 Å². The van der Waals surface area contributed by atoms with E-state index in [4.69, 9.17) is 13.9 Å². The van der Waals surface area contributed by atoms with Crippen LogP contribution >= 0.6 is 0 Å². The van der Waals surface area contributed by atoms with Crippen LogP contribution in [0.1, 0.15) is 11.3 Å². The molecular formula is C19H21NO4. The van der Waals surface area contributed by atoms with Gasteiger partial charge in [-0.25, -0.2) is 0 Å². The second kappa shape index (κ2) is 7.25. The first-order valence-electron chi connectivity index (χ1n) is 7.93. The number of methoxy groups -OCH3 is 1. The molecule has 1 aromatic heterocycles. The largest absolute Gasteiger partial charge is 0.493 e. The number of furan rings is 1. The summed E-state index contributed by atoms with van der Waals surface area (Å²) in [5, 5.41) is 0. The zero-order valence-corrected chi connectivity index (χ0v) is 13.7. The summed E-state index contributed by atoms with van der Waals surface area (Å²) >= 11 is 0. The minimum atomic E-state index is -0.223. The van der Waals surface area contributed by atoms with Gasteiger partial charge in [-0.15, -0.1) is 6.58 Å². The molecule has 126 valence electrons. The van der Waals surface area contributed by atoms with Gasteiger partial charge in [-0.05, 0) is 30.2 Å². The fourth-order valence-corrected chi connectivity index (χ4v) is 2.95. The fraction of sp³-hybridized carbons (Fsp3) is 0.316. The standard InChI is InChI=1S/C19H21NO4/c1-3-9-20(12-16-7-5-10-23-16)19(21)15-11-14-6-4-8-17(22-2)18(14)24-13-15/h3-8,10,15H,1,9,11-13H2,2H3/t15-/m1/s1. The molecule has 0 bridgehead atoms. The second-order valence-corrected chi connectivity index (χ2v) is 5.75. The molecule has 1 aliphatic heterocycles. The third kappa shape index (κ3) is 3.30. The van der Waals surface area contributed by atoms with Crippen molar-refractivity contribution in [1.82, 2.24) is 4.90 Å². The number of para-hydroxylation sites is 1. The van der Waals surface area contributed by atoms with Gasteiger partial charge in [-0.2, -0.15) is 0 Å². The predicted molar refractivity (Wildman–Crippen MR) is 90.0 cm³/mol. The Morgan fingerprint density at radius 2 is 2.29 bits per heavy atom. The number of fused-ring (bicyclic) bond motifs is 1. The first-order chi connectivity index (χ1) is 11.7. The molecule has 1 aliphatic rings. The molecule has 0 fully saturated rings. The van der Waals surface area contributed by atoms with Crippen LogP contribution in [-0.4, -0.2) is 31.1 Å². The lowest BCUT2D eigenvalue weighted by Gasteiger charge is -2.30. The molecule has 0 spiro atoms. The lowest BCUT2D eigenvalue weighted by atomic mass is 9.95. The van der Waals surface area contributed by atoms with Gasteiger partial charge in [0.1, 0.15) is 12.4 Å². The van der Waals surface area contributed by atoms with Crippen molar-refractivity contribution in [1.29, 1.82) is 0 Å². The number of rotatable bonds is 6. The van der Waals surface area contributed by atoms with Gasteiger partial charge in [-0.1, -0.05) is 18.2 Å². The lowest BCUT2D eigenvalue weighted by molar-refractivity contribution is -0.137. The van der Waals surface area contributed by atoms with E-state index in [0.717, 1.165) is 17.1 Å². The Morgan fingerprint density at radius 1 is 1.42 bits per heavy atom. The van der Waals surface area contributed by atoms with Gasteiger partial charge in [0.25, 0.3) is 0 Å². The van der Waals surface area contributed by atoms with E-state index in [1.165, 1.54) is 0 Å². The van der Waals surface area contributed by atoms with Gasteiger partial charge < -0.3 is 18.8 Å².